The third kappa shape index (κ3) is 2.43. The second-order valence-electron chi connectivity index (χ2n) is 4.10. The molecule has 0 saturated carbocycles. The molecule has 3 nitrogen and oxygen atoms in total. The molecule has 3 heteroatoms. The molecule has 0 aliphatic heterocycles. The van der Waals surface area contributed by atoms with Gasteiger partial charge in [0.05, 0.1) is 5.69 Å². The number of hydrogen-bond acceptors (Lipinski definition) is 2. The number of nitrogens with zero attached hydrogens (tertiary/aromatic N) is 3. The highest BCUT2D eigenvalue weighted by molar-refractivity contribution is 5.33. The maximum atomic E-state index is 4.08. The maximum Gasteiger partial charge on any atom is 0.138 e. The fourth-order valence-electron chi connectivity index (χ4n) is 1.60. The number of benzene rings is 1. The predicted octanol–water partition coefficient (Wildman–Crippen LogP) is 2.47. The first-order valence-corrected chi connectivity index (χ1v) is 5.19. The van der Waals surface area contributed by atoms with Crippen LogP contribution in [0.2, 0.25) is 0 Å². The van der Waals surface area contributed by atoms with Gasteiger partial charge in [0.25, 0.3) is 0 Å². The van der Waals surface area contributed by atoms with E-state index < -0.39 is 0 Å². The molecule has 0 bridgehead atoms. The number of hydrogen-bond donors (Lipinski definition) is 0. The Morgan fingerprint density at radius 3 is 2.47 bits per heavy atom. The van der Waals surface area contributed by atoms with Gasteiger partial charge in [0.1, 0.15) is 12.7 Å². The smallest absolute Gasteiger partial charge is 0.138 e. The molecule has 78 valence electrons. The summed E-state index contributed by atoms with van der Waals surface area (Å²) in [7, 11) is 0. The van der Waals surface area contributed by atoms with Crippen molar-refractivity contribution in [2.45, 2.75) is 20.3 Å². The second kappa shape index (κ2) is 4.26. The van der Waals surface area contributed by atoms with E-state index in [1.165, 1.54) is 5.56 Å². The van der Waals surface area contributed by atoms with E-state index >= 15 is 0 Å². The summed E-state index contributed by atoms with van der Waals surface area (Å²) >= 11 is 0. The topological polar surface area (TPSA) is 30.7 Å². The molecule has 1 aromatic carbocycles. The SMILES string of the molecule is CC(C)Cc1ccc(-n2cncn2)cc1. The standard InChI is InChI=1S/C12H15N3/c1-10(2)7-11-3-5-12(6-4-11)15-9-13-8-14-15/h3-6,8-10H,7H2,1-2H3. The lowest BCUT2D eigenvalue weighted by Gasteiger charge is -2.06. The van der Waals surface area contributed by atoms with Crippen LogP contribution in [0.25, 0.3) is 5.69 Å². The van der Waals surface area contributed by atoms with Crippen LogP contribution in [0.1, 0.15) is 19.4 Å². The molecule has 0 atom stereocenters. The third-order valence-corrected chi connectivity index (χ3v) is 2.26. The van der Waals surface area contributed by atoms with E-state index in [2.05, 4.69) is 48.2 Å². The molecule has 0 N–H and O–H groups in total. The van der Waals surface area contributed by atoms with Gasteiger partial charge in [0.2, 0.25) is 0 Å². The molecular weight excluding hydrogens is 186 g/mol. The van der Waals surface area contributed by atoms with Gasteiger partial charge in [-0.25, -0.2) is 9.67 Å². The summed E-state index contributed by atoms with van der Waals surface area (Å²) in [6, 6.07) is 8.45. The van der Waals surface area contributed by atoms with Crippen LogP contribution in [-0.2, 0) is 6.42 Å². The summed E-state index contributed by atoms with van der Waals surface area (Å²) in [4.78, 5) is 3.92. The average molecular weight is 201 g/mol. The zero-order valence-electron chi connectivity index (χ0n) is 9.09. The van der Waals surface area contributed by atoms with Gasteiger partial charge in [0, 0.05) is 0 Å². The fourth-order valence-corrected chi connectivity index (χ4v) is 1.60. The average Bonchev–Trinajstić information content (AvgIpc) is 2.71. The summed E-state index contributed by atoms with van der Waals surface area (Å²) in [6.07, 6.45) is 4.37. The minimum Gasteiger partial charge on any atom is -0.223 e. The van der Waals surface area contributed by atoms with Crippen molar-refractivity contribution in [3.05, 3.63) is 42.5 Å². The highest BCUT2D eigenvalue weighted by Gasteiger charge is 1.99. The van der Waals surface area contributed by atoms with Gasteiger partial charge in [-0.2, -0.15) is 5.10 Å². The largest absolute Gasteiger partial charge is 0.223 e. The molecule has 0 spiro atoms. The van der Waals surface area contributed by atoms with Gasteiger partial charge < -0.3 is 0 Å². The van der Waals surface area contributed by atoms with Crippen LogP contribution in [0.3, 0.4) is 0 Å². The van der Waals surface area contributed by atoms with Crippen molar-refractivity contribution in [2.75, 3.05) is 0 Å². The van der Waals surface area contributed by atoms with Gasteiger partial charge in [-0.15, -0.1) is 0 Å². The van der Waals surface area contributed by atoms with Crippen molar-refractivity contribution >= 4 is 0 Å². The molecule has 0 radical (unpaired) electrons. The van der Waals surface area contributed by atoms with E-state index in [0.717, 1.165) is 12.1 Å². The van der Waals surface area contributed by atoms with E-state index in [0.29, 0.717) is 5.92 Å². The van der Waals surface area contributed by atoms with Crippen molar-refractivity contribution in [3.8, 4) is 5.69 Å². The Bertz CT molecular complexity index is 401. The van der Waals surface area contributed by atoms with E-state index in [4.69, 9.17) is 0 Å². The highest BCUT2D eigenvalue weighted by Crippen LogP contribution is 2.11. The maximum absolute atomic E-state index is 4.08. The van der Waals surface area contributed by atoms with Gasteiger partial charge >= 0.3 is 0 Å². The van der Waals surface area contributed by atoms with E-state index in [1.54, 1.807) is 17.3 Å². The van der Waals surface area contributed by atoms with Crippen molar-refractivity contribution in [1.29, 1.82) is 0 Å². The highest BCUT2D eigenvalue weighted by atomic mass is 15.3. The Morgan fingerprint density at radius 2 is 1.93 bits per heavy atom. The van der Waals surface area contributed by atoms with Crippen LogP contribution in [0.4, 0.5) is 0 Å². The number of rotatable bonds is 3. The van der Waals surface area contributed by atoms with Crippen LogP contribution >= 0.6 is 0 Å². The van der Waals surface area contributed by atoms with Gasteiger partial charge in [-0.1, -0.05) is 26.0 Å². The fraction of sp³-hybridized carbons (Fsp3) is 0.333. The molecular formula is C12H15N3. The van der Waals surface area contributed by atoms with Crippen molar-refractivity contribution in [3.63, 3.8) is 0 Å². The molecule has 0 fully saturated rings. The van der Waals surface area contributed by atoms with Crippen LogP contribution in [0, 0.1) is 5.92 Å². The zero-order chi connectivity index (χ0) is 10.7. The zero-order valence-corrected chi connectivity index (χ0v) is 9.09. The molecule has 0 aliphatic carbocycles. The van der Waals surface area contributed by atoms with E-state index in [1.807, 2.05) is 0 Å². The van der Waals surface area contributed by atoms with Crippen LogP contribution in [-0.4, -0.2) is 14.8 Å². The number of aromatic nitrogens is 3. The first kappa shape index (κ1) is 9.90. The monoisotopic (exact) mass is 201 g/mol. The summed E-state index contributed by atoms with van der Waals surface area (Å²) in [6.45, 7) is 4.46. The Balaban J connectivity index is 2.17. The predicted molar refractivity (Wildman–Crippen MR) is 59.9 cm³/mol. The van der Waals surface area contributed by atoms with Crippen molar-refractivity contribution in [1.82, 2.24) is 14.8 Å². The summed E-state index contributed by atoms with van der Waals surface area (Å²) in [5, 5.41) is 4.08. The summed E-state index contributed by atoms with van der Waals surface area (Å²) in [5.74, 6) is 0.697. The Hall–Kier alpha value is -1.64. The molecule has 15 heavy (non-hydrogen) atoms. The lowest BCUT2D eigenvalue weighted by Crippen LogP contribution is -1.97. The minimum absolute atomic E-state index is 0.697. The first-order valence-electron chi connectivity index (χ1n) is 5.19. The Labute approximate surface area is 89.8 Å². The lowest BCUT2D eigenvalue weighted by atomic mass is 10.0. The Morgan fingerprint density at radius 1 is 1.20 bits per heavy atom. The van der Waals surface area contributed by atoms with Gasteiger partial charge in [-0.3, -0.25) is 0 Å². The van der Waals surface area contributed by atoms with Gasteiger partial charge in [0.15, 0.2) is 0 Å². The third-order valence-electron chi connectivity index (χ3n) is 2.26. The molecule has 0 amide bonds. The van der Waals surface area contributed by atoms with Crippen LogP contribution in [0.5, 0.6) is 0 Å². The molecule has 2 rings (SSSR count). The van der Waals surface area contributed by atoms with E-state index in [9.17, 15) is 0 Å². The lowest BCUT2D eigenvalue weighted by molar-refractivity contribution is 0.647. The quantitative estimate of drug-likeness (QED) is 0.763. The Kier molecular flexibility index (Phi) is 2.81. The van der Waals surface area contributed by atoms with Crippen LogP contribution < -0.4 is 0 Å². The van der Waals surface area contributed by atoms with Gasteiger partial charge in [-0.05, 0) is 30.0 Å². The normalized spacial score (nSPS) is 10.9. The summed E-state index contributed by atoms with van der Waals surface area (Å²) < 4.78 is 1.76. The molecule has 1 heterocycles. The van der Waals surface area contributed by atoms with Crippen LogP contribution in [0.15, 0.2) is 36.9 Å². The molecule has 0 saturated heterocycles. The molecule has 0 unspecified atom stereocenters. The molecule has 1 aromatic heterocycles. The first-order chi connectivity index (χ1) is 7.25. The molecule has 0 aliphatic rings. The van der Waals surface area contributed by atoms with Crippen molar-refractivity contribution < 1.29 is 0 Å². The second-order valence-corrected chi connectivity index (χ2v) is 4.10. The van der Waals surface area contributed by atoms with E-state index in [-0.39, 0.29) is 0 Å². The van der Waals surface area contributed by atoms with Crippen molar-refractivity contribution in [2.24, 2.45) is 5.92 Å². The minimum atomic E-state index is 0.697. The molecule has 2 aromatic rings. The summed E-state index contributed by atoms with van der Waals surface area (Å²) in [5.41, 5.74) is 2.42.